The fourth-order valence-electron chi connectivity index (χ4n) is 9.44. The summed E-state index contributed by atoms with van der Waals surface area (Å²) in [5.74, 6) is 1.13. The molecule has 352 valence electrons. The molecule has 5 nitrogen and oxygen atoms in total. The van der Waals surface area contributed by atoms with E-state index in [1.54, 1.807) is 0 Å². The monoisotopic (exact) mass is 1090 g/mol. The molecule has 0 saturated heterocycles. The van der Waals surface area contributed by atoms with Crippen molar-refractivity contribution in [3.8, 4) is 39.6 Å². The van der Waals surface area contributed by atoms with E-state index in [-0.39, 0.29) is 44.2 Å². The Morgan fingerprint density at radius 2 is 1.33 bits per heavy atom. The van der Waals surface area contributed by atoms with Gasteiger partial charge in [0.15, 0.2) is 0 Å². The molecule has 0 spiro atoms. The molecule has 10 rings (SSSR count). The number of ether oxygens (including phenoxy) is 1. The fraction of sp³-hybridized carbons (Fsp3) is 0.213. The number of para-hydroxylation sites is 1. The van der Waals surface area contributed by atoms with Crippen molar-refractivity contribution in [2.24, 2.45) is 0 Å². The van der Waals surface area contributed by atoms with Crippen LogP contribution in [-0.2, 0) is 26.5 Å². The molecular weight excluding hydrogens is 1040 g/mol. The number of hydrogen-bond acceptors (Lipinski definition) is 4. The van der Waals surface area contributed by atoms with Gasteiger partial charge in [-0.1, -0.05) is 122 Å². The SMILES string of the molecule is CC(C)c1ccc2c(c1)N(c1c(C(C)C)cc(-c3ccc(F)cc3F)cc1C(C)C)[CH-]N2c1[c-]c(Oc2[c-]c3c(cc2)c2ccccc2n3-c2ccccn2)cc(-c2ccc(C(C)(C)C)cc2)c1.[Pt]. The molecule has 0 bridgehead atoms. The third-order valence-electron chi connectivity index (χ3n) is 13.1. The van der Waals surface area contributed by atoms with Gasteiger partial charge in [-0.3, -0.25) is 0 Å². The molecule has 0 atom stereocenters. The van der Waals surface area contributed by atoms with Crippen molar-refractivity contribution >= 4 is 44.6 Å². The number of benzene rings is 7. The molecular formula is C61H55F2N4OPt-3. The molecule has 0 N–H and O–H groups in total. The van der Waals surface area contributed by atoms with Crippen LogP contribution in [0.2, 0.25) is 0 Å². The second kappa shape index (κ2) is 18.7. The van der Waals surface area contributed by atoms with Gasteiger partial charge in [-0.15, -0.1) is 53.6 Å². The summed E-state index contributed by atoms with van der Waals surface area (Å²) in [6, 6.07) is 53.4. The van der Waals surface area contributed by atoms with Crippen LogP contribution in [0, 0.1) is 30.4 Å². The van der Waals surface area contributed by atoms with Crippen LogP contribution in [-0.4, -0.2) is 9.55 Å². The molecule has 3 heterocycles. The van der Waals surface area contributed by atoms with Crippen LogP contribution in [0.4, 0.5) is 31.5 Å². The van der Waals surface area contributed by atoms with Crippen LogP contribution in [0.25, 0.3) is 49.9 Å². The number of nitrogens with zero attached hydrogens (tertiary/aromatic N) is 4. The Bertz CT molecular complexity index is 3320. The van der Waals surface area contributed by atoms with E-state index >= 15 is 4.39 Å². The van der Waals surface area contributed by atoms with Gasteiger partial charge in [0.1, 0.15) is 17.5 Å². The first kappa shape index (κ1) is 47.5. The normalized spacial score (nSPS) is 12.7. The number of pyridine rings is 1. The average molecular weight is 1090 g/mol. The minimum atomic E-state index is -0.597. The summed E-state index contributed by atoms with van der Waals surface area (Å²) in [6.45, 7) is 21.9. The molecule has 0 aliphatic carbocycles. The zero-order valence-corrected chi connectivity index (χ0v) is 42.7. The number of aromatic nitrogens is 2. The van der Waals surface area contributed by atoms with Crippen LogP contribution in [0.3, 0.4) is 0 Å². The van der Waals surface area contributed by atoms with E-state index in [2.05, 4.69) is 186 Å². The zero-order valence-electron chi connectivity index (χ0n) is 40.4. The maximum atomic E-state index is 15.5. The largest absolute Gasteiger partial charge is 0.509 e. The average Bonchev–Trinajstić information content (AvgIpc) is 3.86. The number of hydrogen-bond donors (Lipinski definition) is 0. The van der Waals surface area contributed by atoms with Crippen LogP contribution < -0.4 is 14.5 Å². The minimum absolute atomic E-state index is 0. The van der Waals surface area contributed by atoms with Crippen molar-refractivity contribution in [2.45, 2.75) is 85.5 Å². The zero-order chi connectivity index (χ0) is 47.6. The molecule has 8 heteroatoms. The van der Waals surface area contributed by atoms with Gasteiger partial charge < -0.3 is 19.1 Å². The standard InChI is InChI=1S/C61H55F2N4O.Pt/c1-37(2)41-19-26-56-58(32-41)66(60-52(38(3)4)30-43(31-53(60)39(5)6)49-24-22-45(62)33-54(49)63)36-65(56)46-28-42(40-17-20-44(21-18-40)61(7,8)9)29-48(34-46)68-47-23-25-51-50-14-10-11-15-55(50)67(57(51)35-47)59-16-12-13-27-64-59;/h10-33,36-39H,1-9H3;/q-3;. The summed E-state index contributed by atoms with van der Waals surface area (Å²) in [6.07, 6.45) is 1.81. The molecule has 9 aromatic rings. The second-order valence-corrected chi connectivity index (χ2v) is 19.9. The van der Waals surface area contributed by atoms with Gasteiger partial charge in [-0.05, 0) is 117 Å². The Balaban J connectivity index is 0.00000593. The van der Waals surface area contributed by atoms with Crippen LogP contribution in [0.15, 0.2) is 146 Å². The Morgan fingerprint density at radius 1 is 0.609 bits per heavy atom. The Labute approximate surface area is 419 Å². The predicted octanol–water partition coefficient (Wildman–Crippen LogP) is 17.3. The molecule has 1 aliphatic rings. The van der Waals surface area contributed by atoms with Crippen molar-refractivity contribution in [1.82, 2.24) is 9.55 Å². The van der Waals surface area contributed by atoms with Gasteiger partial charge in [0.2, 0.25) is 0 Å². The number of anilines is 4. The van der Waals surface area contributed by atoms with Crippen LogP contribution >= 0.6 is 0 Å². The van der Waals surface area contributed by atoms with Gasteiger partial charge in [-0.25, -0.2) is 13.8 Å². The third-order valence-corrected chi connectivity index (χ3v) is 13.1. The van der Waals surface area contributed by atoms with E-state index < -0.39 is 11.6 Å². The Kier molecular flexibility index (Phi) is 12.9. The molecule has 7 aromatic carbocycles. The second-order valence-electron chi connectivity index (χ2n) is 19.9. The molecule has 0 amide bonds. The van der Waals surface area contributed by atoms with Crippen LogP contribution in [0.5, 0.6) is 11.5 Å². The molecule has 0 saturated carbocycles. The van der Waals surface area contributed by atoms with Crippen molar-refractivity contribution in [2.75, 3.05) is 9.80 Å². The predicted molar refractivity (Wildman–Crippen MR) is 276 cm³/mol. The summed E-state index contributed by atoms with van der Waals surface area (Å²) < 4.78 is 38.7. The number of halogens is 2. The Hall–Kier alpha value is -6.56. The topological polar surface area (TPSA) is 33.5 Å². The van der Waals surface area contributed by atoms with Gasteiger partial charge in [-0.2, -0.15) is 6.07 Å². The third kappa shape index (κ3) is 8.98. The van der Waals surface area contributed by atoms with Gasteiger partial charge in [0.05, 0.1) is 0 Å². The quantitative estimate of drug-likeness (QED) is 0.128. The summed E-state index contributed by atoms with van der Waals surface area (Å²) in [7, 11) is 0. The maximum Gasteiger partial charge on any atom is 0.135 e. The molecule has 0 fully saturated rings. The van der Waals surface area contributed by atoms with E-state index in [0.717, 1.165) is 84.3 Å². The molecule has 1 aliphatic heterocycles. The van der Waals surface area contributed by atoms with E-state index in [4.69, 9.17) is 9.72 Å². The van der Waals surface area contributed by atoms with E-state index in [1.165, 1.54) is 23.3 Å². The summed E-state index contributed by atoms with van der Waals surface area (Å²) in [5, 5.41) is 2.16. The molecule has 69 heavy (non-hydrogen) atoms. The smallest absolute Gasteiger partial charge is 0.135 e. The Morgan fingerprint density at radius 3 is 2.00 bits per heavy atom. The van der Waals surface area contributed by atoms with Gasteiger partial charge >= 0.3 is 0 Å². The first-order valence-corrected chi connectivity index (χ1v) is 23.6. The van der Waals surface area contributed by atoms with Crippen molar-refractivity contribution in [3.05, 3.63) is 198 Å². The number of fused-ring (bicyclic) bond motifs is 4. The summed E-state index contributed by atoms with van der Waals surface area (Å²) in [4.78, 5) is 9.23. The minimum Gasteiger partial charge on any atom is -0.509 e. The van der Waals surface area contributed by atoms with Gasteiger partial charge in [0.25, 0.3) is 0 Å². The maximum absolute atomic E-state index is 15.5. The van der Waals surface area contributed by atoms with Crippen molar-refractivity contribution < 1.29 is 34.6 Å². The molecule has 2 aromatic heterocycles. The number of rotatable bonds is 10. The fourth-order valence-corrected chi connectivity index (χ4v) is 9.44. The van der Waals surface area contributed by atoms with Gasteiger partial charge in [0, 0.05) is 73.0 Å². The summed E-state index contributed by atoms with van der Waals surface area (Å²) in [5.41, 5.74) is 13.5. The van der Waals surface area contributed by atoms with E-state index in [0.29, 0.717) is 17.1 Å². The molecule has 0 radical (unpaired) electrons. The molecule has 0 unspecified atom stereocenters. The summed E-state index contributed by atoms with van der Waals surface area (Å²) >= 11 is 0. The van der Waals surface area contributed by atoms with Crippen LogP contribution in [0.1, 0.15) is 102 Å². The van der Waals surface area contributed by atoms with Crippen molar-refractivity contribution in [1.29, 1.82) is 0 Å². The van der Waals surface area contributed by atoms with E-state index in [9.17, 15) is 4.39 Å². The van der Waals surface area contributed by atoms with E-state index in [1.807, 2.05) is 36.5 Å². The first-order chi connectivity index (χ1) is 32.6. The van der Waals surface area contributed by atoms with Crippen molar-refractivity contribution in [3.63, 3.8) is 0 Å². The first-order valence-electron chi connectivity index (χ1n) is 23.6.